The van der Waals surface area contributed by atoms with Gasteiger partial charge in [-0.05, 0) is 67.6 Å². The lowest BCUT2D eigenvalue weighted by molar-refractivity contribution is -0.141. The summed E-state index contributed by atoms with van der Waals surface area (Å²) in [6.45, 7) is 7.99. The number of benzene rings is 3. The van der Waals surface area contributed by atoms with E-state index in [-0.39, 0.29) is 41.8 Å². The molecule has 4 N–H and O–H groups in total. The summed E-state index contributed by atoms with van der Waals surface area (Å²) in [5, 5.41) is 6.25. The van der Waals surface area contributed by atoms with Crippen LogP contribution in [-0.2, 0) is 24.8 Å². The molecule has 1 aromatic heterocycles. The number of nitrogens with one attached hydrogen (secondary N) is 2. The van der Waals surface area contributed by atoms with Crippen molar-refractivity contribution in [2.75, 3.05) is 30.8 Å². The number of anilines is 3. The minimum absolute atomic E-state index is 0.0729. The Labute approximate surface area is 276 Å². The highest BCUT2D eigenvalue weighted by Gasteiger charge is 2.35. The van der Waals surface area contributed by atoms with Crippen LogP contribution in [-0.4, -0.2) is 57.3 Å². The van der Waals surface area contributed by atoms with Gasteiger partial charge in [0.05, 0.1) is 5.69 Å². The van der Waals surface area contributed by atoms with Crippen LogP contribution in [0.1, 0.15) is 66.7 Å². The molecule has 0 saturated carbocycles. The Hall–Kier alpha value is -4.80. The number of hydrogen-bond donors (Lipinski definition) is 3. The molecule has 246 valence electrons. The number of nitrogens with two attached hydrogens (primary N) is 1. The fourth-order valence-electron chi connectivity index (χ4n) is 6.13. The van der Waals surface area contributed by atoms with Crippen LogP contribution in [0.15, 0.2) is 77.7 Å². The van der Waals surface area contributed by atoms with Crippen molar-refractivity contribution >= 4 is 29.0 Å². The zero-order valence-corrected chi connectivity index (χ0v) is 27.9. The monoisotopic (exact) mass is 635 g/mol. The van der Waals surface area contributed by atoms with Crippen LogP contribution >= 0.6 is 0 Å². The van der Waals surface area contributed by atoms with Crippen molar-refractivity contribution in [1.82, 2.24) is 19.4 Å². The van der Waals surface area contributed by atoms with E-state index in [2.05, 4.69) is 36.3 Å². The second kappa shape index (κ2) is 14.7. The molecule has 1 fully saturated rings. The van der Waals surface area contributed by atoms with E-state index in [1.165, 1.54) is 4.57 Å². The third kappa shape index (κ3) is 7.29. The van der Waals surface area contributed by atoms with Gasteiger partial charge in [0.1, 0.15) is 6.04 Å². The smallest absolute Gasteiger partial charge is 0.293 e. The molecule has 0 radical (unpaired) electrons. The number of aryl methyl sites for hydroxylation is 2. The lowest BCUT2D eigenvalue weighted by Crippen LogP contribution is -2.52. The van der Waals surface area contributed by atoms with Gasteiger partial charge >= 0.3 is 0 Å². The largest absolute Gasteiger partial charge is 0.343 e. The molecule has 2 amide bonds. The number of rotatable bonds is 11. The maximum absolute atomic E-state index is 13.4. The summed E-state index contributed by atoms with van der Waals surface area (Å²) in [6.07, 6.45) is 4.54. The Kier molecular flexibility index (Phi) is 10.5. The van der Waals surface area contributed by atoms with Crippen molar-refractivity contribution in [3.05, 3.63) is 106 Å². The molecular weight excluding hydrogens is 590 g/mol. The highest BCUT2D eigenvalue weighted by Crippen LogP contribution is 2.31. The first-order valence-corrected chi connectivity index (χ1v) is 16.3. The Morgan fingerprint density at radius 2 is 1.74 bits per heavy atom. The first kappa shape index (κ1) is 33.6. The third-order valence-corrected chi connectivity index (χ3v) is 8.82. The van der Waals surface area contributed by atoms with E-state index in [0.29, 0.717) is 40.3 Å². The fourth-order valence-corrected chi connectivity index (χ4v) is 6.13. The molecule has 10 nitrogen and oxygen atoms in total. The van der Waals surface area contributed by atoms with E-state index in [0.717, 1.165) is 36.9 Å². The zero-order chi connectivity index (χ0) is 33.7. The molecule has 1 saturated heterocycles. The average Bonchev–Trinajstić information content (AvgIpc) is 3.07. The van der Waals surface area contributed by atoms with Gasteiger partial charge < -0.3 is 25.8 Å². The number of amides is 2. The second-order valence-corrected chi connectivity index (χ2v) is 12.4. The lowest BCUT2D eigenvalue weighted by atomic mass is 9.99. The van der Waals surface area contributed by atoms with Crippen LogP contribution in [0.5, 0.6) is 0 Å². The van der Waals surface area contributed by atoms with Gasteiger partial charge in [-0.25, -0.2) is 4.98 Å². The van der Waals surface area contributed by atoms with Gasteiger partial charge in [0.15, 0.2) is 5.82 Å². The molecule has 1 unspecified atom stereocenters. The minimum Gasteiger partial charge on any atom is -0.343 e. The number of nitrogens with zero attached hydrogens (tertiary/aromatic N) is 4. The normalized spacial score (nSPS) is 15.3. The molecule has 1 aliphatic rings. The van der Waals surface area contributed by atoms with Crippen molar-refractivity contribution in [2.24, 2.45) is 12.8 Å². The maximum Gasteiger partial charge on any atom is 0.293 e. The Bertz CT molecular complexity index is 1800. The SMILES string of the molecule is CCCCc1ccccc1C(=O)Nc1cccc(-c2cn(C)c(=O)c(Nc3ccc(C4C(=O)N(C)CCN4C(C)C)cc3)n2)c1CN. The number of piperazine rings is 1. The topological polar surface area (TPSA) is 126 Å². The third-order valence-electron chi connectivity index (χ3n) is 8.82. The summed E-state index contributed by atoms with van der Waals surface area (Å²) >= 11 is 0. The van der Waals surface area contributed by atoms with Crippen LogP contribution in [0, 0.1) is 0 Å². The number of unbranched alkanes of at least 4 members (excludes halogenated alkanes) is 1. The van der Waals surface area contributed by atoms with Crippen LogP contribution in [0.2, 0.25) is 0 Å². The second-order valence-electron chi connectivity index (χ2n) is 12.4. The number of hydrogen-bond acceptors (Lipinski definition) is 7. The van der Waals surface area contributed by atoms with E-state index >= 15 is 0 Å². The first-order chi connectivity index (χ1) is 22.6. The molecule has 10 heteroatoms. The molecule has 2 heterocycles. The van der Waals surface area contributed by atoms with E-state index in [1.54, 1.807) is 18.1 Å². The van der Waals surface area contributed by atoms with E-state index in [1.807, 2.05) is 73.8 Å². The molecule has 47 heavy (non-hydrogen) atoms. The van der Waals surface area contributed by atoms with Crippen molar-refractivity contribution in [2.45, 2.75) is 58.7 Å². The summed E-state index contributed by atoms with van der Waals surface area (Å²) < 4.78 is 1.48. The van der Waals surface area contributed by atoms with Gasteiger partial charge in [0, 0.05) is 68.5 Å². The Morgan fingerprint density at radius 1 is 1.00 bits per heavy atom. The molecule has 0 bridgehead atoms. The lowest BCUT2D eigenvalue weighted by Gasteiger charge is -2.41. The van der Waals surface area contributed by atoms with Crippen LogP contribution in [0.25, 0.3) is 11.3 Å². The molecule has 0 spiro atoms. The highest BCUT2D eigenvalue weighted by atomic mass is 16.2. The Morgan fingerprint density at radius 3 is 2.45 bits per heavy atom. The van der Waals surface area contributed by atoms with Gasteiger partial charge in [-0.1, -0.05) is 55.8 Å². The number of carbonyl (C=O) groups is 2. The Balaban J connectivity index is 1.42. The van der Waals surface area contributed by atoms with Crippen molar-refractivity contribution < 1.29 is 9.59 Å². The standard InChI is InChI=1S/C37H45N7O3/c1-6-7-11-25-12-8-9-13-28(25)35(45)41-31-15-10-14-29(30(31)22-38)32-23-43(5)37(47)34(40-32)39-27-18-16-26(17-19-27)33-36(46)42(4)20-21-44(33)24(2)3/h8-10,12-19,23-24,33H,6-7,11,20-22,38H2,1-5H3,(H,39,40)(H,41,45). The molecule has 3 aromatic carbocycles. The van der Waals surface area contributed by atoms with Crippen LogP contribution < -0.4 is 21.9 Å². The zero-order valence-electron chi connectivity index (χ0n) is 27.9. The van der Waals surface area contributed by atoms with Crippen molar-refractivity contribution in [3.63, 3.8) is 0 Å². The number of carbonyl (C=O) groups excluding carboxylic acids is 2. The summed E-state index contributed by atoms with van der Waals surface area (Å²) in [5.74, 6) is 0.0295. The van der Waals surface area contributed by atoms with Crippen molar-refractivity contribution in [3.8, 4) is 11.3 Å². The predicted molar refractivity (Wildman–Crippen MR) is 188 cm³/mol. The molecule has 1 aliphatic heterocycles. The molecule has 5 rings (SSSR count). The number of likely N-dealkylation sites (N-methyl/N-ethyl adjacent to an activating group) is 1. The van der Waals surface area contributed by atoms with Gasteiger partial charge in [-0.3, -0.25) is 19.3 Å². The molecule has 1 atom stereocenters. The highest BCUT2D eigenvalue weighted by molar-refractivity contribution is 6.06. The fraction of sp³-hybridized carbons (Fsp3) is 0.351. The van der Waals surface area contributed by atoms with E-state index in [4.69, 9.17) is 10.7 Å². The van der Waals surface area contributed by atoms with Gasteiger partial charge in [-0.2, -0.15) is 0 Å². The molecule has 0 aliphatic carbocycles. The summed E-state index contributed by atoms with van der Waals surface area (Å²) in [6, 6.07) is 20.7. The van der Waals surface area contributed by atoms with E-state index in [9.17, 15) is 14.4 Å². The van der Waals surface area contributed by atoms with Crippen LogP contribution in [0.4, 0.5) is 17.2 Å². The van der Waals surface area contributed by atoms with E-state index < -0.39 is 0 Å². The number of aromatic nitrogens is 2. The predicted octanol–water partition coefficient (Wildman–Crippen LogP) is 5.47. The maximum atomic E-state index is 13.4. The quantitative estimate of drug-likeness (QED) is 0.200. The minimum atomic E-state index is -0.357. The van der Waals surface area contributed by atoms with Gasteiger partial charge in [0.2, 0.25) is 5.91 Å². The molecule has 4 aromatic rings. The molecular formula is C37H45N7O3. The average molecular weight is 636 g/mol. The summed E-state index contributed by atoms with van der Waals surface area (Å²) in [5.41, 5.74) is 11.7. The van der Waals surface area contributed by atoms with Crippen molar-refractivity contribution in [1.29, 1.82) is 0 Å². The summed E-state index contributed by atoms with van der Waals surface area (Å²) in [7, 11) is 3.51. The van der Waals surface area contributed by atoms with Gasteiger partial charge in [-0.15, -0.1) is 0 Å². The van der Waals surface area contributed by atoms with Crippen LogP contribution in [0.3, 0.4) is 0 Å². The first-order valence-electron chi connectivity index (χ1n) is 16.3. The summed E-state index contributed by atoms with van der Waals surface area (Å²) in [4.78, 5) is 48.5. The van der Waals surface area contributed by atoms with Gasteiger partial charge in [0.25, 0.3) is 11.5 Å².